The number of carbonyl (C=O) groups is 2. The second-order valence-electron chi connectivity index (χ2n) is 8.80. The molecule has 2 saturated heterocycles. The molecule has 3 aliphatic heterocycles. The maximum atomic E-state index is 12.3. The molecule has 16 nitrogen and oxygen atoms in total. The molecule has 3 heterocycles. The van der Waals surface area contributed by atoms with Gasteiger partial charge in [0, 0.05) is 25.1 Å². The van der Waals surface area contributed by atoms with E-state index in [1.165, 1.54) is 24.9 Å². The van der Waals surface area contributed by atoms with E-state index in [2.05, 4.69) is 26.0 Å². The Kier molecular flexibility index (Phi) is 9.36. The monoisotopic (exact) mass is 570 g/mol. The van der Waals surface area contributed by atoms with E-state index in [-0.39, 0.29) is 24.6 Å². The smallest absolute Gasteiger partial charge is 0.478 e. The van der Waals surface area contributed by atoms with Gasteiger partial charge < -0.3 is 45.0 Å². The summed E-state index contributed by atoms with van der Waals surface area (Å²) in [4.78, 5) is 46.6. The maximum Gasteiger partial charge on any atom is 0.478 e. The Balaban J connectivity index is 1.56. The highest BCUT2D eigenvalue weighted by molar-refractivity contribution is 7.60. The van der Waals surface area contributed by atoms with Crippen molar-refractivity contribution in [1.29, 1.82) is 0 Å². The summed E-state index contributed by atoms with van der Waals surface area (Å²) in [5.41, 5.74) is 0.356. The number of ether oxygens (including phenoxy) is 2. The Bertz CT molecular complexity index is 1040. The Morgan fingerprint density at radius 1 is 1.35 bits per heavy atom. The van der Waals surface area contributed by atoms with Crippen LogP contribution in [-0.4, -0.2) is 81.4 Å². The van der Waals surface area contributed by atoms with Crippen molar-refractivity contribution in [1.82, 2.24) is 15.5 Å². The highest BCUT2D eigenvalue weighted by atomic mass is 31.3. The van der Waals surface area contributed by atoms with E-state index in [1.54, 1.807) is 6.92 Å². The Labute approximate surface area is 212 Å². The SMILES string of the molecule is C=C1NC(=O)C(C)=CN1[C@H]1CC(O)[C@@H](COP(=O)(O)OP(=O)([O-])O[C@@H]2OC(C)C[C@H](NC(C)=O)C2O)O1. The van der Waals surface area contributed by atoms with Crippen LogP contribution in [0.1, 0.15) is 33.6 Å². The summed E-state index contributed by atoms with van der Waals surface area (Å²) in [7, 11) is -10.9. The number of phosphoric ester groups is 2. The zero-order chi connectivity index (χ0) is 27.7. The summed E-state index contributed by atoms with van der Waals surface area (Å²) >= 11 is 0. The molecule has 0 bridgehead atoms. The topological polar surface area (TPSA) is 225 Å². The van der Waals surface area contributed by atoms with Gasteiger partial charge in [0.25, 0.3) is 13.7 Å². The molecular formula is C19H30N3O13P2-. The fourth-order valence-electron chi connectivity index (χ4n) is 3.94. The van der Waals surface area contributed by atoms with Crippen LogP contribution in [0.4, 0.5) is 0 Å². The number of amides is 2. The summed E-state index contributed by atoms with van der Waals surface area (Å²) in [5.74, 6) is -0.642. The van der Waals surface area contributed by atoms with Crippen LogP contribution in [0.2, 0.25) is 0 Å². The molecule has 9 atom stereocenters. The Morgan fingerprint density at radius 2 is 2.03 bits per heavy atom. The van der Waals surface area contributed by atoms with Gasteiger partial charge in [0.05, 0.1) is 24.9 Å². The fraction of sp³-hybridized carbons (Fsp3) is 0.684. The predicted molar refractivity (Wildman–Crippen MR) is 120 cm³/mol. The quantitative estimate of drug-likeness (QED) is 0.207. The van der Waals surface area contributed by atoms with Crippen LogP contribution in [-0.2, 0) is 41.6 Å². The second kappa shape index (κ2) is 11.6. The highest BCUT2D eigenvalue weighted by Crippen LogP contribution is 2.59. The number of rotatable bonds is 9. The molecule has 2 fully saturated rings. The molecule has 0 radical (unpaired) electrons. The van der Waals surface area contributed by atoms with Gasteiger partial charge in [-0.3, -0.25) is 23.2 Å². The summed E-state index contributed by atoms with van der Waals surface area (Å²) < 4.78 is 48.9. The van der Waals surface area contributed by atoms with Crippen molar-refractivity contribution in [3.63, 3.8) is 0 Å². The van der Waals surface area contributed by atoms with Crippen molar-refractivity contribution < 1.29 is 61.6 Å². The number of nitrogens with zero attached hydrogens (tertiary/aromatic N) is 1. The number of carbonyl (C=O) groups excluding carboxylic acids is 2. The molecule has 0 aromatic heterocycles. The number of hydrogen-bond acceptors (Lipinski definition) is 13. The average molecular weight is 570 g/mol. The molecule has 0 saturated carbocycles. The van der Waals surface area contributed by atoms with E-state index >= 15 is 0 Å². The van der Waals surface area contributed by atoms with Gasteiger partial charge in [-0.25, -0.2) is 8.88 Å². The Morgan fingerprint density at radius 3 is 2.68 bits per heavy atom. The van der Waals surface area contributed by atoms with Crippen molar-refractivity contribution >= 4 is 27.5 Å². The minimum absolute atomic E-state index is 0.0109. The van der Waals surface area contributed by atoms with Crippen LogP contribution >= 0.6 is 15.6 Å². The Hall–Kier alpha value is -1.68. The summed E-state index contributed by atoms with van der Waals surface area (Å²) in [6, 6.07) is -0.902. The highest BCUT2D eigenvalue weighted by Gasteiger charge is 2.43. The molecule has 0 aromatic rings. The number of phosphoric acid groups is 2. The lowest BCUT2D eigenvalue weighted by Crippen LogP contribution is -2.55. The molecule has 18 heteroatoms. The van der Waals surface area contributed by atoms with Gasteiger partial charge in [0.15, 0.2) is 6.29 Å². The molecule has 3 rings (SSSR count). The largest absolute Gasteiger partial charge is 0.756 e. The first-order valence-electron chi connectivity index (χ1n) is 11.2. The van der Waals surface area contributed by atoms with Crippen molar-refractivity contribution in [2.24, 2.45) is 0 Å². The van der Waals surface area contributed by atoms with Crippen LogP contribution < -0.4 is 15.5 Å². The first-order chi connectivity index (χ1) is 17.1. The lowest BCUT2D eigenvalue weighted by molar-refractivity contribution is -0.266. The van der Waals surface area contributed by atoms with E-state index in [1.807, 2.05) is 0 Å². The predicted octanol–water partition coefficient (Wildman–Crippen LogP) is -1.11. The van der Waals surface area contributed by atoms with E-state index in [9.17, 15) is 38.7 Å². The summed E-state index contributed by atoms with van der Waals surface area (Å²) in [6.45, 7) is 7.26. The third-order valence-electron chi connectivity index (χ3n) is 5.64. The van der Waals surface area contributed by atoms with Crippen molar-refractivity contribution in [2.45, 2.75) is 76.6 Å². The van der Waals surface area contributed by atoms with Gasteiger partial charge in [-0.2, -0.15) is 0 Å². The number of aliphatic hydroxyl groups excluding tert-OH is 2. The molecule has 2 amide bonds. The standard InChI is InChI=1S/C19H31N3O13P2/c1-9-7-22(11(3)20-18(9)26)16-6-14(24)15(33-16)8-31-36(27,28)35-37(29,30)34-19-17(25)13(21-12(4)23)5-10(2)32-19/h7,10,13-17,19,24-25H,3,5-6,8H2,1-2,4H3,(H,20,26)(H,21,23)(H,27,28)(H,29,30)/p-1/t10?,13-,14?,15+,16+,17?,19-/m0/s1. The van der Waals surface area contributed by atoms with Crippen LogP contribution in [0.15, 0.2) is 24.2 Å². The number of aliphatic hydroxyl groups is 2. The van der Waals surface area contributed by atoms with Crippen LogP contribution in [0.25, 0.3) is 0 Å². The van der Waals surface area contributed by atoms with E-state index in [4.69, 9.17) is 14.0 Å². The lowest BCUT2D eigenvalue weighted by Gasteiger charge is -2.40. The van der Waals surface area contributed by atoms with Gasteiger partial charge in [-0.1, -0.05) is 6.58 Å². The molecule has 210 valence electrons. The molecule has 0 spiro atoms. The van der Waals surface area contributed by atoms with Crippen LogP contribution in [0, 0.1) is 0 Å². The normalized spacial score (nSPS) is 35.8. The fourth-order valence-corrected chi connectivity index (χ4v) is 6.06. The van der Waals surface area contributed by atoms with Gasteiger partial charge in [0.1, 0.15) is 24.3 Å². The average Bonchev–Trinajstić information content (AvgIpc) is 3.11. The van der Waals surface area contributed by atoms with E-state index in [0.29, 0.717) is 5.57 Å². The first kappa shape index (κ1) is 29.9. The molecule has 0 aromatic carbocycles. The van der Waals surface area contributed by atoms with Crippen LogP contribution in [0.5, 0.6) is 0 Å². The van der Waals surface area contributed by atoms with Gasteiger partial charge >= 0.3 is 7.82 Å². The summed E-state index contributed by atoms with van der Waals surface area (Å²) in [6.07, 6.45) is -5.62. The van der Waals surface area contributed by atoms with Gasteiger partial charge in [-0.15, -0.1) is 0 Å². The van der Waals surface area contributed by atoms with Gasteiger partial charge in [-0.05, 0) is 20.3 Å². The molecule has 3 aliphatic rings. The zero-order valence-electron chi connectivity index (χ0n) is 20.2. The molecule has 5 N–H and O–H groups in total. The second-order valence-corrected chi connectivity index (χ2v) is 11.8. The van der Waals surface area contributed by atoms with Crippen molar-refractivity contribution in [3.05, 3.63) is 24.2 Å². The van der Waals surface area contributed by atoms with Crippen molar-refractivity contribution in [2.75, 3.05) is 6.61 Å². The number of hydrogen-bond donors (Lipinski definition) is 5. The molecule has 37 heavy (non-hydrogen) atoms. The van der Waals surface area contributed by atoms with Gasteiger partial charge in [0.2, 0.25) is 5.91 Å². The first-order valence-corrected chi connectivity index (χ1v) is 14.1. The van der Waals surface area contributed by atoms with Crippen LogP contribution in [0.3, 0.4) is 0 Å². The van der Waals surface area contributed by atoms with E-state index in [0.717, 1.165) is 0 Å². The molecule has 0 aliphatic carbocycles. The summed E-state index contributed by atoms with van der Waals surface area (Å²) in [5, 5.41) is 25.5. The third kappa shape index (κ3) is 7.91. The van der Waals surface area contributed by atoms with Crippen molar-refractivity contribution in [3.8, 4) is 0 Å². The minimum atomic E-state index is -5.60. The molecular weight excluding hydrogens is 540 g/mol. The molecule has 5 unspecified atom stereocenters. The lowest BCUT2D eigenvalue weighted by atomic mass is 10.0. The third-order valence-corrected chi connectivity index (χ3v) is 8.21. The zero-order valence-corrected chi connectivity index (χ0v) is 22.0. The number of nitrogens with one attached hydrogen (secondary N) is 2. The van der Waals surface area contributed by atoms with E-state index < -0.39 is 71.1 Å². The maximum absolute atomic E-state index is 12.3. The minimum Gasteiger partial charge on any atom is -0.756 e.